The minimum absolute atomic E-state index is 0.731. The Morgan fingerprint density at radius 3 is 2.64 bits per heavy atom. The van der Waals surface area contributed by atoms with E-state index in [-0.39, 0.29) is 0 Å². The van der Waals surface area contributed by atoms with E-state index in [1.807, 2.05) is 42.5 Å². The largest absolute Gasteiger partial charge is 0.492 e. The fourth-order valence-corrected chi connectivity index (χ4v) is 3.30. The van der Waals surface area contributed by atoms with Gasteiger partial charge in [-0.1, -0.05) is 30.3 Å². The zero-order valence-corrected chi connectivity index (χ0v) is 14.4. The zero-order chi connectivity index (χ0) is 16.9. The van der Waals surface area contributed by atoms with Crippen LogP contribution in [0.25, 0.3) is 11.0 Å². The number of imidazole rings is 1. The average molecular weight is 336 g/mol. The molecule has 1 N–H and O–H groups in total. The van der Waals surface area contributed by atoms with Gasteiger partial charge in [0.25, 0.3) is 0 Å². The van der Waals surface area contributed by atoms with Crippen molar-refractivity contribution in [2.45, 2.75) is 6.42 Å². The minimum atomic E-state index is 0.731. The smallest absolute Gasteiger partial charge is 0.203 e. The van der Waals surface area contributed by atoms with Crippen molar-refractivity contribution in [1.29, 1.82) is 0 Å². The monoisotopic (exact) mass is 336 g/mol. The molecule has 0 unspecified atom stereocenters. The van der Waals surface area contributed by atoms with E-state index in [0.29, 0.717) is 0 Å². The number of nitrogens with zero attached hydrogens (tertiary/aromatic N) is 3. The standard InChI is InChI=1S/C20H24N4O/c1-2-7-17(8-3-1)25-16-15-23-11-6-12-24(14-13-23)20-21-18-9-4-5-10-19(18)22-20/h1-5,7-10H,6,11-16H2,(H,21,22). The summed E-state index contributed by atoms with van der Waals surface area (Å²) < 4.78 is 5.83. The first kappa shape index (κ1) is 16.0. The van der Waals surface area contributed by atoms with Crippen molar-refractivity contribution in [2.75, 3.05) is 44.2 Å². The lowest BCUT2D eigenvalue weighted by Crippen LogP contribution is -2.33. The maximum atomic E-state index is 5.83. The Balaban J connectivity index is 1.31. The topological polar surface area (TPSA) is 44.4 Å². The third-order valence-corrected chi connectivity index (χ3v) is 4.68. The maximum absolute atomic E-state index is 5.83. The summed E-state index contributed by atoms with van der Waals surface area (Å²) in [6.07, 6.45) is 1.14. The molecule has 5 nitrogen and oxygen atoms in total. The number of aromatic nitrogens is 2. The molecule has 0 bridgehead atoms. The second-order valence-electron chi connectivity index (χ2n) is 6.42. The van der Waals surface area contributed by atoms with Gasteiger partial charge in [-0.2, -0.15) is 0 Å². The summed E-state index contributed by atoms with van der Waals surface area (Å²) in [5.41, 5.74) is 2.14. The molecule has 1 aromatic heterocycles. The number of para-hydroxylation sites is 3. The summed E-state index contributed by atoms with van der Waals surface area (Å²) >= 11 is 0. The number of hydrogen-bond donors (Lipinski definition) is 1. The van der Waals surface area contributed by atoms with E-state index in [2.05, 4.69) is 26.9 Å². The minimum Gasteiger partial charge on any atom is -0.492 e. The summed E-state index contributed by atoms with van der Waals surface area (Å²) in [5, 5.41) is 0. The van der Waals surface area contributed by atoms with E-state index in [0.717, 1.165) is 68.5 Å². The van der Waals surface area contributed by atoms with Crippen LogP contribution in [0.15, 0.2) is 54.6 Å². The molecule has 2 heterocycles. The molecule has 4 rings (SSSR count). The summed E-state index contributed by atoms with van der Waals surface area (Å²) in [5.74, 6) is 1.94. The quantitative estimate of drug-likeness (QED) is 0.777. The van der Waals surface area contributed by atoms with Crippen molar-refractivity contribution in [2.24, 2.45) is 0 Å². The molecule has 0 spiro atoms. The Labute approximate surface area is 148 Å². The van der Waals surface area contributed by atoms with Gasteiger partial charge in [0, 0.05) is 32.7 Å². The van der Waals surface area contributed by atoms with Crippen LogP contribution in [0.4, 0.5) is 5.95 Å². The molecule has 5 heteroatoms. The van der Waals surface area contributed by atoms with Crippen LogP contribution in [0, 0.1) is 0 Å². The first-order valence-corrected chi connectivity index (χ1v) is 8.98. The molecule has 0 amide bonds. The summed E-state index contributed by atoms with van der Waals surface area (Å²) in [6.45, 7) is 5.86. The van der Waals surface area contributed by atoms with Gasteiger partial charge in [-0.05, 0) is 30.7 Å². The third kappa shape index (κ3) is 3.94. The number of hydrogen-bond acceptors (Lipinski definition) is 4. The molecule has 0 saturated carbocycles. The number of benzene rings is 2. The normalized spacial score (nSPS) is 16.1. The predicted molar refractivity (Wildman–Crippen MR) is 101 cm³/mol. The molecule has 25 heavy (non-hydrogen) atoms. The fourth-order valence-electron chi connectivity index (χ4n) is 3.30. The highest BCUT2D eigenvalue weighted by atomic mass is 16.5. The highest BCUT2D eigenvalue weighted by Gasteiger charge is 2.17. The van der Waals surface area contributed by atoms with Crippen LogP contribution >= 0.6 is 0 Å². The van der Waals surface area contributed by atoms with Crippen LogP contribution < -0.4 is 9.64 Å². The third-order valence-electron chi connectivity index (χ3n) is 4.68. The molecule has 0 aliphatic carbocycles. The molecule has 130 valence electrons. The fraction of sp³-hybridized carbons (Fsp3) is 0.350. The van der Waals surface area contributed by atoms with Gasteiger partial charge >= 0.3 is 0 Å². The Bertz CT molecular complexity index is 769. The Hall–Kier alpha value is -2.53. The van der Waals surface area contributed by atoms with E-state index < -0.39 is 0 Å². The average Bonchev–Trinajstić information content (AvgIpc) is 2.95. The van der Waals surface area contributed by atoms with Crippen molar-refractivity contribution in [1.82, 2.24) is 14.9 Å². The van der Waals surface area contributed by atoms with Crippen LogP contribution in [-0.2, 0) is 0 Å². The zero-order valence-electron chi connectivity index (χ0n) is 14.4. The van der Waals surface area contributed by atoms with Crippen LogP contribution in [0.2, 0.25) is 0 Å². The van der Waals surface area contributed by atoms with Crippen LogP contribution in [-0.4, -0.2) is 54.2 Å². The lowest BCUT2D eigenvalue weighted by Gasteiger charge is -2.21. The summed E-state index contributed by atoms with van der Waals surface area (Å²) in [4.78, 5) is 13.0. The highest BCUT2D eigenvalue weighted by molar-refractivity contribution is 5.77. The van der Waals surface area contributed by atoms with Gasteiger partial charge < -0.3 is 14.6 Å². The van der Waals surface area contributed by atoms with Gasteiger partial charge in [0.2, 0.25) is 5.95 Å². The Morgan fingerprint density at radius 1 is 0.920 bits per heavy atom. The molecule has 1 aliphatic heterocycles. The predicted octanol–water partition coefficient (Wildman–Crippen LogP) is 3.15. The second-order valence-corrected chi connectivity index (χ2v) is 6.42. The molecule has 1 fully saturated rings. The van der Waals surface area contributed by atoms with Gasteiger partial charge in [0.05, 0.1) is 11.0 Å². The summed E-state index contributed by atoms with van der Waals surface area (Å²) in [7, 11) is 0. The molecule has 1 saturated heterocycles. The van der Waals surface area contributed by atoms with Crippen LogP contribution in [0.1, 0.15) is 6.42 Å². The molecular formula is C20H24N4O. The number of nitrogens with one attached hydrogen (secondary N) is 1. The van der Waals surface area contributed by atoms with Crippen molar-refractivity contribution >= 4 is 17.0 Å². The first-order valence-electron chi connectivity index (χ1n) is 8.98. The van der Waals surface area contributed by atoms with Crippen LogP contribution in [0.3, 0.4) is 0 Å². The summed E-state index contributed by atoms with van der Waals surface area (Å²) in [6, 6.07) is 18.2. The van der Waals surface area contributed by atoms with Gasteiger partial charge in [-0.25, -0.2) is 4.98 Å². The SMILES string of the molecule is c1ccc(OCCN2CCCN(c3nc4ccccc4[nH]3)CC2)cc1. The van der Waals surface area contributed by atoms with E-state index >= 15 is 0 Å². The van der Waals surface area contributed by atoms with Crippen molar-refractivity contribution in [3.63, 3.8) is 0 Å². The van der Waals surface area contributed by atoms with Crippen molar-refractivity contribution < 1.29 is 4.74 Å². The number of rotatable bonds is 5. The van der Waals surface area contributed by atoms with Crippen molar-refractivity contribution in [3.8, 4) is 5.75 Å². The van der Waals surface area contributed by atoms with Gasteiger partial charge in [0.15, 0.2) is 0 Å². The number of aromatic amines is 1. The molecule has 1 aliphatic rings. The molecule has 0 atom stereocenters. The molecule has 3 aromatic rings. The van der Waals surface area contributed by atoms with E-state index in [4.69, 9.17) is 9.72 Å². The number of anilines is 1. The van der Waals surface area contributed by atoms with Crippen molar-refractivity contribution in [3.05, 3.63) is 54.6 Å². The van der Waals surface area contributed by atoms with E-state index in [1.54, 1.807) is 0 Å². The van der Waals surface area contributed by atoms with Gasteiger partial charge in [0.1, 0.15) is 12.4 Å². The van der Waals surface area contributed by atoms with E-state index in [1.165, 1.54) is 0 Å². The molecular weight excluding hydrogens is 312 g/mol. The lowest BCUT2D eigenvalue weighted by atomic mass is 10.3. The molecule has 0 radical (unpaired) electrons. The Kier molecular flexibility index (Phi) is 4.84. The Morgan fingerprint density at radius 2 is 1.76 bits per heavy atom. The number of H-pyrrole nitrogens is 1. The first-order chi connectivity index (χ1) is 12.4. The second kappa shape index (κ2) is 7.57. The molecule has 2 aromatic carbocycles. The number of ether oxygens (including phenoxy) is 1. The van der Waals surface area contributed by atoms with Crippen LogP contribution in [0.5, 0.6) is 5.75 Å². The van der Waals surface area contributed by atoms with E-state index in [9.17, 15) is 0 Å². The number of fused-ring (bicyclic) bond motifs is 1. The highest BCUT2D eigenvalue weighted by Crippen LogP contribution is 2.18. The van der Waals surface area contributed by atoms with Gasteiger partial charge in [-0.15, -0.1) is 0 Å². The van der Waals surface area contributed by atoms with Gasteiger partial charge in [-0.3, -0.25) is 4.90 Å². The maximum Gasteiger partial charge on any atom is 0.203 e. The lowest BCUT2D eigenvalue weighted by molar-refractivity contribution is 0.218.